The summed E-state index contributed by atoms with van der Waals surface area (Å²) in [6.45, 7) is 4.06. The van der Waals surface area contributed by atoms with E-state index in [0.717, 1.165) is 77.0 Å². The summed E-state index contributed by atoms with van der Waals surface area (Å²) in [7, 11) is 1.13. The number of rotatable bonds is 42. The van der Waals surface area contributed by atoms with E-state index in [0.29, 0.717) is 23.9 Å². The molecule has 10 heteroatoms. The number of quaternary nitrogens is 1. The number of hydrogen-bond donors (Lipinski definition) is 0. The molecule has 0 aliphatic rings. The summed E-state index contributed by atoms with van der Waals surface area (Å²) in [6, 6.07) is 0. The van der Waals surface area contributed by atoms with Gasteiger partial charge in [0.15, 0.2) is 6.10 Å². The fraction of sp³-hybridized carbons (Fsp3) is 0.720. The van der Waals surface area contributed by atoms with Crippen LogP contribution in [0.3, 0.4) is 0 Å². The number of esters is 2. The van der Waals surface area contributed by atoms with E-state index in [1.807, 2.05) is 21.1 Å². The monoisotopic (exact) mass is 862 g/mol. The molecule has 9 nitrogen and oxygen atoms in total. The Morgan fingerprint density at radius 1 is 0.533 bits per heavy atom. The lowest BCUT2D eigenvalue weighted by Crippen LogP contribution is -2.37. The third-order valence-corrected chi connectivity index (χ3v) is 10.7. The van der Waals surface area contributed by atoms with Crippen LogP contribution in [0.15, 0.2) is 72.9 Å². The maximum absolute atomic E-state index is 12.7. The zero-order valence-corrected chi connectivity index (χ0v) is 39.8. The Hall–Kier alpha value is -2.55. The molecule has 0 rings (SSSR count). The van der Waals surface area contributed by atoms with Gasteiger partial charge in [-0.15, -0.1) is 0 Å². The van der Waals surface area contributed by atoms with Gasteiger partial charge >= 0.3 is 11.9 Å². The first-order valence-corrected chi connectivity index (χ1v) is 25.1. The van der Waals surface area contributed by atoms with Gasteiger partial charge in [0.25, 0.3) is 7.82 Å². The van der Waals surface area contributed by atoms with E-state index < -0.39 is 32.5 Å². The molecule has 0 aromatic rings. The van der Waals surface area contributed by atoms with Gasteiger partial charge in [-0.2, -0.15) is 0 Å². The number of ether oxygens (including phenoxy) is 2. The minimum atomic E-state index is -4.64. The maximum atomic E-state index is 12.7. The highest BCUT2D eigenvalue weighted by molar-refractivity contribution is 7.45. The van der Waals surface area contributed by atoms with Crippen LogP contribution in [0.5, 0.6) is 0 Å². The van der Waals surface area contributed by atoms with Crippen molar-refractivity contribution >= 4 is 19.8 Å². The van der Waals surface area contributed by atoms with Crippen LogP contribution < -0.4 is 4.89 Å². The molecule has 2 atom stereocenters. The average Bonchev–Trinajstić information content (AvgIpc) is 3.20. The maximum Gasteiger partial charge on any atom is 0.306 e. The minimum absolute atomic E-state index is 0.0405. The van der Waals surface area contributed by atoms with Crippen molar-refractivity contribution in [1.29, 1.82) is 0 Å². The second kappa shape index (κ2) is 41.8. The summed E-state index contributed by atoms with van der Waals surface area (Å²) in [6.07, 6.45) is 52.1. The molecular formula is C50H88NO8P. The Balaban J connectivity index is 4.39. The van der Waals surface area contributed by atoms with Crippen molar-refractivity contribution in [2.75, 3.05) is 47.5 Å². The van der Waals surface area contributed by atoms with E-state index in [-0.39, 0.29) is 26.1 Å². The molecule has 0 aromatic heterocycles. The molecule has 346 valence electrons. The van der Waals surface area contributed by atoms with Gasteiger partial charge in [0.1, 0.15) is 19.8 Å². The summed E-state index contributed by atoms with van der Waals surface area (Å²) in [5, 5.41) is 0. The molecule has 0 heterocycles. The number of hydrogen-bond acceptors (Lipinski definition) is 8. The van der Waals surface area contributed by atoms with E-state index in [1.165, 1.54) is 64.2 Å². The Bertz CT molecular complexity index is 1250. The lowest BCUT2D eigenvalue weighted by Gasteiger charge is -2.28. The van der Waals surface area contributed by atoms with Crippen LogP contribution in [0, 0.1) is 0 Å². The predicted molar refractivity (Wildman–Crippen MR) is 249 cm³/mol. The summed E-state index contributed by atoms with van der Waals surface area (Å²) < 4.78 is 33.9. The summed E-state index contributed by atoms with van der Waals surface area (Å²) in [4.78, 5) is 37.6. The smallest absolute Gasteiger partial charge is 0.306 e. The number of phosphoric acid groups is 1. The Kier molecular flexibility index (Phi) is 40.0. The molecule has 0 saturated carbocycles. The Labute approximate surface area is 368 Å². The van der Waals surface area contributed by atoms with E-state index in [1.54, 1.807) is 0 Å². The largest absolute Gasteiger partial charge is 0.756 e. The van der Waals surface area contributed by atoms with Gasteiger partial charge in [-0.05, 0) is 83.5 Å². The van der Waals surface area contributed by atoms with Gasteiger partial charge < -0.3 is 27.9 Å². The molecular weight excluding hydrogens is 774 g/mol. The first-order chi connectivity index (χ1) is 29.0. The molecule has 0 amide bonds. The molecule has 0 aliphatic heterocycles. The third-order valence-electron chi connectivity index (χ3n) is 9.71. The fourth-order valence-electron chi connectivity index (χ4n) is 6.03. The highest BCUT2D eigenvalue weighted by Crippen LogP contribution is 2.38. The van der Waals surface area contributed by atoms with Crippen molar-refractivity contribution in [2.45, 2.75) is 187 Å². The van der Waals surface area contributed by atoms with Gasteiger partial charge in [-0.25, -0.2) is 0 Å². The van der Waals surface area contributed by atoms with Crippen molar-refractivity contribution in [3.05, 3.63) is 72.9 Å². The number of nitrogens with zero attached hydrogens (tertiary/aromatic N) is 1. The predicted octanol–water partition coefficient (Wildman–Crippen LogP) is 13.2. The van der Waals surface area contributed by atoms with Gasteiger partial charge in [0, 0.05) is 12.8 Å². The van der Waals surface area contributed by atoms with Crippen molar-refractivity contribution in [2.24, 2.45) is 0 Å². The Morgan fingerprint density at radius 3 is 1.45 bits per heavy atom. The lowest BCUT2D eigenvalue weighted by molar-refractivity contribution is -0.870. The van der Waals surface area contributed by atoms with Crippen LogP contribution in [0.2, 0.25) is 0 Å². The molecule has 0 saturated heterocycles. The highest BCUT2D eigenvalue weighted by Gasteiger charge is 2.21. The van der Waals surface area contributed by atoms with Gasteiger partial charge in [0.2, 0.25) is 0 Å². The number of unbranched alkanes of at least 4 members (excludes halogenated alkanes) is 16. The van der Waals surface area contributed by atoms with Crippen LogP contribution >= 0.6 is 7.82 Å². The fourth-order valence-corrected chi connectivity index (χ4v) is 6.76. The van der Waals surface area contributed by atoms with Crippen LogP contribution in [0.4, 0.5) is 0 Å². The molecule has 0 N–H and O–H groups in total. The van der Waals surface area contributed by atoms with Gasteiger partial charge in [-0.1, -0.05) is 157 Å². The topological polar surface area (TPSA) is 111 Å². The van der Waals surface area contributed by atoms with Crippen LogP contribution in [0.1, 0.15) is 181 Å². The summed E-state index contributed by atoms with van der Waals surface area (Å²) in [5.74, 6) is -0.881. The SMILES string of the molecule is CC/C=C\C/C=C\C/C=C\C/C=C\C/C=C\CCCCCC(=O)OC[C@H](COP(=O)([O-])OCC[N+](C)(C)C)OC(=O)CCCCCCCCC/C=C\CCCCCCCC. The van der Waals surface area contributed by atoms with Crippen LogP contribution in [-0.4, -0.2) is 70.0 Å². The minimum Gasteiger partial charge on any atom is -0.756 e. The zero-order valence-electron chi connectivity index (χ0n) is 38.9. The molecule has 0 fully saturated rings. The average molecular weight is 862 g/mol. The first-order valence-electron chi connectivity index (χ1n) is 23.6. The quantitative estimate of drug-likeness (QED) is 0.0196. The van der Waals surface area contributed by atoms with Crippen molar-refractivity contribution < 1.29 is 42.1 Å². The van der Waals surface area contributed by atoms with E-state index in [9.17, 15) is 19.0 Å². The number of phosphoric ester groups is 1. The molecule has 1 unspecified atom stereocenters. The number of carbonyl (C=O) groups excluding carboxylic acids is 2. The zero-order chi connectivity index (χ0) is 44.3. The molecule has 0 spiro atoms. The van der Waals surface area contributed by atoms with E-state index >= 15 is 0 Å². The van der Waals surface area contributed by atoms with E-state index in [4.69, 9.17) is 18.5 Å². The second-order valence-corrected chi connectivity index (χ2v) is 18.1. The molecule has 0 aliphatic carbocycles. The standard InChI is InChI=1S/C50H88NO8P/c1-6-8-10-12-14-16-18-20-22-24-25-27-28-30-32-34-36-38-40-42-49(52)56-46-48(47-58-60(54,55)57-45-44-51(3,4)5)59-50(53)43-41-39-37-35-33-31-29-26-23-21-19-17-15-13-11-9-7-2/h8,10,14,16,20-23,25,27,30,32,48H,6-7,9,11-13,15,17-19,24,26,28-29,31,33-47H2,1-5H3/b10-8-,16-14-,22-20-,23-21-,27-25-,32-30-/t48-/m1/s1. The second-order valence-electron chi connectivity index (χ2n) is 16.7. The molecule has 0 aromatic carbocycles. The highest BCUT2D eigenvalue weighted by atomic mass is 31.2. The van der Waals surface area contributed by atoms with Crippen LogP contribution in [0.25, 0.3) is 0 Å². The van der Waals surface area contributed by atoms with Crippen LogP contribution in [-0.2, 0) is 32.7 Å². The van der Waals surface area contributed by atoms with Crippen molar-refractivity contribution in [3.8, 4) is 0 Å². The normalized spacial score (nSPS) is 14.2. The first kappa shape index (κ1) is 57.4. The number of allylic oxidation sites excluding steroid dienone is 12. The molecule has 0 radical (unpaired) electrons. The summed E-state index contributed by atoms with van der Waals surface area (Å²) >= 11 is 0. The lowest BCUT2D eigenvalue weighted by atomic mass is 10.1. The number of likely N-dealkylation sites (N-methyl/N-ethyl adjacent to an activating group) is 1. The molecule has 0 bridgehead atoms. The molecule has 60 heavy (non-hydrogen) atoms. The van der Waals surface area contributed by atoms with Crippen molar-refractivity contribution in [1.82, 2.24) is 0 Å². The van der Waals surface area contributed by atoms with Gasteiger partial charge in [0.05, 0.1) is 27.7 Å². The summed E-state index contributed by atoms with van der Waals surface area (Å²) in [5.41, 5.74) is 0. The Morgan fingerprint density at radius 2 is 0.950 bits per heavy atom. The van der Waals surface area contributed by atoms with Crippen molar-refractivity contribution in [3.63, 3.8) is 0 Å². The third kappa shape index (κ3) is 45.0. The number of carbonyl (C=O) groups is 2. The van der Waals surface area contributed by atoms with Gasteiger partial charge in [-0.3, -0.25) is 14.2 Å². The van der Waals surface area contributed by atoms with E-state index in [2.05, 4.69) is 86.8 Å².